The molecule has 0 aliphatic carbocycles. The van der Waals surface area contributed by atoms with Gasteiger partial charge in [-0.15, -0.1) is 0 Å². The zero-order valence-electron chi connectivity index (χ0n) is 14.8. The van der Waals surface area contributed by atoms with Crippen LogP contribution in [0.3, 0.4) is 0 Å². The smallest absolute Gasteiger partial charge is 0.410 e. The number of hydrogen-bond donors (Lipinski definition) is 2. The number of hydrazine groups is 1. The molecule has 1 aliphatic heterocycles. The lowest BCUT2D eigenvalue weighted by Crippen LogP contribution is -2.38. The summed E-state index contributed by atoms with van der Waals surface area (Å²) in [5, 5.41) is 0. The van der Waals surface area contributed by atoms with Crippen molar-refractivity contribution in [3.63, 3.8) is 0 Å². The van der Waals surface area contributed by atoms with E-state index >= 15 is 0 Å². The van der Waals surface area contributed by atoms with E-state index in [0.29, 0.717) is 13.1 Å². The van der Waals surface area contributed by atoms with Crippen molar-refractivity contribution >= 4 is 6.09 Å². The van der Waals surface area contributed by atoms with E-state index in [1.165, 1.54) is 16.7 Å². The molecule has 0 saturated carbocycles. The molecule has 2 rings (SSSR count). The highest BCUT2D eigenvalue weighted by molar-refractivity contribution is 5.68. The Morgan fingerprint density at radius 3 is 2.61 bits per heavy atom. The summed E-state index contributed by atoms with van der Waals surface area (Å²) < 4.78 is 5.46. The van der Waals surface area contributed by atoms with Gasteiger partial charge < -0.3 is 9.64 Å². The van der Waals surface area contributed by atoms with E-state index in [-0.39, 0.29) is 18.1 Å². The minimum absolute atomic E-state index is 0.0433. The Hall–Kier alpha value is -1.59. The molecule has 0 radical (unpaired) electrons. The van der Waals surface area contributed by atoms with Gasteiger partial charge in [-0.2, -0.15) is 0 Å². The largest absolute Gasteiger partial charge is 0.444 e. The zero-order chi connectivity index (χ0) is 17.2. The van der Waals surface area contributed by atoms with Gasteiger partial charge in [-0.3, -0.25) is 11.3 Å². The summed E-state index contributed by atoms with van der Waals surface area (Å²) in [6, 6.07) is 6.45. The number of ether oxygens (including phenoxy) is 1. The minimum atomic E-state index is -0.464. The predicted molar refractivity (Wildman–Crippen MR) is 91.9 cm³/mol. The maximum absolute atomic E-state index is 12.2. The van der Waals surface area contributed by atoms with Crippen molar-refractivity contribution in [3.8, 4) is 0 Å². The maximum Gasteiger partial charge on any atom is 0.410 e. The summed E-state index contributed by atoms with van der Waals surface area (Å²) >= 11 is 0. The molecule has 1 heterocycles. The summed E-state index contributed by atoms with van der Waals surface area (Å²) in [5.41, 5.74) is 6.17. The Bertz CT molecular complexity index is 566. The van der Waals surface area contributed by atoms with Gasteiger partial charge in [0, 0.05) is 13.1 Å². The van der Waals surface area contributed by atoms with Gasteiger partial charge in [0.05, 0.1) is 6.04 Å². The van der Waals surface area contributed by atoms with Gasteiger partial charge >= 0.3 is 6.09 Å². The first-order valence-electron chi connectivity index (χ1n) is 8.22. The van der Waals surface area contributed by atoms with Crippen molar-refractivity contribution < 1.29 is 9.53 Å². The van der Waals surface area contributed by atoms with Gasteiger partial charge in [0.25, 0.3) is 0 Å². The molecule has 1 saturated heterocycles. The van der Waals surface area contributed by atoms with Crippen LogP contribution in [0.1, 0.15) is 49.9 Å². The van der Waals surface area contributed by atoms with Crippen molar-refractivity contribution in [2.24, 2.45) is 11.8 Å². The number of carbonyl (C=O) groups excluding carboxylic acids is 1. The summed E-state index contributed by atoms with van der Waals surface area (Å²) in [6.45, 7) is 11.2. The second-order valence-electron chi connectivity index (χ2n) is 7.46. The van der Waals surface area contributed by atoms with Crippen LogP contribution in [0.5, 0.6) is 0 Å². The Balaban J connectivity index is 2.06. The quantitative estimate of drug-likeness (QED) is 0.664. The molecule has 1 aromatic carbocycles. The third kappa shape index (κ3) is 4.45. The molecule has 5 heteroatoms. The average Bonchev–Trinajstić information content (AvgIpc) is 2.91. The number of benzene rings is 1. The van der Waals surface area contributed by atoms with Crippen molar-refractivity contribution in [1.29, 1.82) is 0 Å². The topological polar surface area (TPSA) is 67.6 Å². The summed E-state index contributed by atoms with van der Waals surface area (Å²) in [4.78, 5) is 14.0. The van der Waals surface area contributed by atoms with E-state index < -0.39 is 5.60 Å². The number of nitrogens with one attached hydrogen (secondary N) is 1. The van der Waals surface area contributed by atoms with E-state index in [9.17, 15) is 4.79 Å². The molecular formula is C18H29N3O2. The normalized spacial score (nSPS) is 19.7. The Morgan fingerprint density at radius 1 is 1.35 bits per heavy atom. The number of hydrogen-bond acceptors (Lipinski definition) is 4. The van der Waals surface area contributed by atoms with Crippen LogP contribution in [0.25, 0.3) is 0 Å². The maximum atomic E-state index is 12.2. The van der Waals surface area contributed by atoms with Gasteiger partial charge in [-0.25, -0.2) is 4.79 Å². The van der Waals surface area contributed by atoms with E-state index in [1.807, 2.05) is 20.8 Å². The first kappa shape index (κ1) is 17.8. The monoisotopic (exact) mass is 319 g/mol. The number of aryl methyl sites for hydroxylation is 2. The molecule has 2 atom stereocenters. The van der Waals surface area contributed by atoms with Gasteiger partial charge in [-0.05, 0) is 63.6 Å². The molecular weight excluding hydrogens is 290 g/mol. The van der Waals surface area contributed by atoms with Crippen LogP contribution in [-0.2, 0) is 4.74 Å². The number of nitrogens with zero attached hydrogens (tertiary/aromatic N) is 1. The Labute approximate surface area is 139 Å². The fraction of sp³-hybridized carbons (Fsp3) is 0.611. The fourth-order valence-electron chi connectivity index (χ4n) is 3.01. The van der Waals surface area contributed by atoms with E-state index in [0.717, 1.165) is 6.42 Å². The van der Waals surface area contributed by atoms with Crippen LogP contribution in [0.4, 0.5) is 4.79 Å². The summed E-state index contributed by atoms with van der Waals surface area (Å²) in [5.74, 6) is 6.10. The van der Waals surface area contributed by atoms with Crippen LogP contribution in [-0.4, -0.2) is 29.7 Å². The van der Waals surface area contributed by atoms with Crippen molar-refractivity contribution in [2.45, 2.75) is 52.7 Å². The minimum Gasteiger partial charge on any atom is -0.444 e. The van der Waals surface area contributed by atoms with E-state index in [1.54, 1.807) is 4.90 Å². The van der Waals surface area contributed by atoms with Gasteiger partial charge in [0.1, 0.15) is 5.60 Å². The van der Waals surface area contributed by atoms with Crippen molar-refractivity contribution in [2.75, 3.05) is 13.1 Å². The molecule has 2 unspecified atom stereocenters. The van der Waals surface area contributed by atoms with Crippen molar-refractivity contribution in [1.82, 2.24) is 10.3 Å². The lowest BCUT2D eigenvalue weighted by atomic mass is 9.91. The lowest BCUT2D eigenvalue weighted by Gasteiger charge is -2.26. The first-order chi connectivity index (χ1) is 10.7. The highest BCUT2D eigenvalue weighted by Crippen LogP contribution is 2.31. The molecule has 3 N–H and O–H groups in total. The van der Waals surface area contributed by atoms with Gasteiger partial charge in [0.15, 0.2) is 0 Å². The number of carbonyl (C=O) groups is 1. The molecule has 1 amide bonds. The number of nitrogens with two attached hydrogens (primary N) is 1. The molecule has 1 aliphatic rings. The molecule has 5 nitrogen and oxygen atoms in total. The highest BCUT2D eigenvalue weighted by Gasteiger charge is 2.34. The third-order valence-corrected chi connectivity index (χ3v) is 4.42. The van der Waals surface area contributed by atoms with Crippen molar-refractivity contribution in [3.05, 3.63) is 34.9 Å². The van der Waals surface area contributed by atoms with Crippen LogP contribution < -0.4 is 11.3 Å². The molecule has 128 valence electrons. The average molecular weight is 319 g/mol. The van der Waals surface area contributed by atoms with Crippen LogP contribution in [0.2, 0.25) is 0 Å². The lowest BCUT2D eigenvalue weighted by molar-refractivity contribution is 0.0285. The summed E-state index contributed by atoms with van der Waals surface area (Å²) in [6.07, 6.45) is 0.678. The zero-order valence-corrected chi connectivity index (χ0v) is 14.8. The number of likely N-dealkylation sites (tertiary alicyclic amines) is 1. The molecule has 23 heavy (non-hydrogen) atoms. The predicted octanol–water partition coefficient (Wildman–Crippen LogP) is 3.06. The van der Waals surface area contributed by atoms with Gasteiger partial charge in [0.2, 0.25) is 0 Å². The standard InChI is InChI=1S/C18H29N3O2/c1-12-6-7-14(10-13(12)2)16(20-19)15-8-9-21(11-15)17(22)23-18(3,4)5/h6-7,10,15-16,20H,8-9,11,19H2,1-5H3. The number of rotatable bonds is 3. The Kier molecular flexibility index (Phi) is 5.32. The molecule has 0 spiro atoms. The number of amides is 1. The Morgan fingerprint density at radius 2 is 2.04 bits per heavy atom. The highest BCUT2D eigenvalue weighted by atomic mass is 16.6. The van der Waals surface area contributed by atoms with Crippen LogP contribution >= 0.6 is 0 Å². The molecule has 0 bridgehead atoms. The second kappa shape index (κ2) is 6.89. The van der Waals surface area contributed by atoms with Crippen LogP contribution in [0, 0.1) is 19.8 Å². The fourth-order valence-corrected chi connectivity index (χ4v) is 3.01. The third-order valence-electron chi connectivity index (χ3n) is 4.42. The first-order valence-corrected chi connectivity index (χ1v) is 8.22. The van der Waals surface area contributed by atoms with E-state index in [2.05, 4.69) is 37.5 Å². The van der Waals surface area contributed by atoms with E-state index in [4.69, 9.17) is 10.6 Å². The van der Waals surface area contributed by atoms with Gasteiger partial charge in [-0.1, -0.05) is 18.2 Å². The molecule has 1 fully saturated rings. The van der Waals surface area contributed by atoms with Crippen LogP contribution in [0.15, 0.2) is 18.2 Å². The SMILES string of the molecule is Cc1ccc(C(NN)C2CCN(C(=O)OC(C)(C)C)C2)cc1C. The summed E-state index contributed by atoms with van der Waals surface area (Å²) in [7, 11) is 0. The second-order valence-corrected chi connectivity index (χ2v) is 7.46. The molecule has 1 aromatic rings. The molecule has 0 aromatic heterocycles.